The summed E-state index contributed by atoms with van der Waals surface area (Å²) >= 11 is 7.07. The van der Waals surface area contributed by atoms with E-state index in [1.54, 1.807) is 29.2 Å². The first-order chi connectivity index (χ1) is 16.2. The van der Waals surface area contributed by atoms with Gasteiger partial charge in [-0.1, -0.05) is 43.6 Å². The lowest BCUT2D eigenvalue weighted by Gasteiger charge is -2.25. The van der Waals surface area contributed by atoms with Crippen molar-refractivity contribution in [2.75, 3.05) is 24.4 Å². The van der Waals surface area contributed by atoms with E-state index < -0.39 is 11.6 Å². The van der Waals surface area contributed by atoms with Gasteiger partial charge in [0.15, 0.2) is 0 Å². The number of nitrogens with zero attached hydrogens (tertiary/aromatic N) is 1. The highest BCUT2D eigenvalue weighted by molar-refractivity contribution is 8.00. The highest BCUT2D eigenvalue weighted by Crippen LogP contribution is 2.39. The molecule has 1 amide bonds. The highest BCUT2D eigenvalue weighted by atomic mass is 35.5. The maximum atomic E-state index is 14.8. The molecule has 0 saturated carbocycles. The number of fused-ring (bicyclic) bond motifs is 6. The van der Waals surface area contributed by atoms with Gasteiger partial charge < -0.3 is 19.5 Å². The van der Waals surface area contributed by atoms with Crippen molar-refractivity contribution in [2.24, 2.45) is 5.92 Å². The van der Waals surface area contributed by atoms with Crippen LogP contribution in [0.3, 0.4) is 0 Å². The molecule has 9 heteroatoms. The van der Waals surface area contributed by atoms with Crippen molar-refractivity contribution in [3.05, 3.63) is 70.8 Å². The minimum Gasteiger partial charge on any atom is -0.505 e. The maximum Gasteiger partial charge on any atom is 0.254 e. The highest BCUT2D eigenvalue weighted by Gasteiger charge is 2.22. The predicted octanol–water partition coefficient (Wildman–Crippen LogP) is 6.60. The zero-order chi connectivity index (χ0) is 24.4. The fourth-order valence-electron chi connectivity index (χ4n) is 3.70. The summed E-state index contributed by atoms with van der Waals surface area (Å²) in [5, 5.41) is 10.4. The molecule has 2 N–H and O–H groups in total. The molecule has 0 unspecified atom stereocenters. The molecular weight excluding hydrogens is 482 g/mol. The number of phenols is 1. The summed E-state index contributed by atoms with van der Waals surface area (Å²) in [6, 6.07) is 11.9. The van der Waals surface area contributed by atoms with Crippen LogP contribution in [0, 0.1) is 17.6 Å². The van der Waals surface area contributed by atoms with Crippen LogP contribution in [0.1, 0.15) is 24.2 Å². The van der Waals surface area contributed by atoms with Crippen LogP contribution >= 0.6 is 23.5 Å². The molecule has 0 aliphatic carbocycles. The minimum atomic E-state index is -0.808. The summed E-state index contributed by atoms with van der Waals surface area (Å²) in [5.74, 6) is -1.45. The van der Waals surface area contributed by atoms with E-state index >= 15 is 0 Å². The third-order valence-corrected chi connectivity index (χ3v) is 6.41. The van der Waals surface area contributed by atoms with Crippen LogP contribution in [-0.4, -0.2) is 35.6 Å². The lowest BCUT2D eigenvalue weighted by atomic mass is 10.0. The van der Waals surface area contributed by atoms with E-state index in [2.05, 4.69) is 4.72 Å². The van der Waals surface area contributed by atoms with E-state index in [-0.39, 0.29) is 57.5 Å². The van der Waals surface area contributed by atoms with E-state index in [0.717, 1.165) is 18.0 Å². The van der Waals surface area contributed by atoms with Crippen LogP contribution in [0.15, 0.2) is 53.4 Å². The second-order valence-electron chi connectivity index (χ2n) is 8.31. The van der Waals surface area contributed by atoms with Gasteiger partial charge in [0.05, 0.1) is 22.2 Å². The molecule has 0 fully saturated rings. The molecule has 1 aliphatic rings. The van der Waals surface area contributed by atoms with E-state index in [1.165, 1.54) is 18.2 Å². The Balaban J connectivity index is 1.83. The Morgan fingerprint density at radius 1 is 1.15 bits per heavy atom. The van der Waals surface area contributed by atoms with Gasteiger partial charge in [0, 0.05) is 29.3 Å². The maximum absolute atomic E-state index is 14.8. The molecule has 1 aliphatic heterocycles. The average Bonchev–Trinajstić information content (AvgIpc) is 2.79. The van der Waals surface area contributed by atoms with Crippen molar-refractivity contribution < 1.29 is 23.4 Å². The van der Waals surface area contributed by atoms with Crippen molar-refractivity contribution >= 4 is 35.1 Å². The zero-order valence-corrected chi connectivity index (χ0v) is 20.1. The number of carbonyl (C=O) groups excluding carboxylic acids is 1. The second kappa shape index (κ2) is 10.1. The number of anilines is 1. The van der Waals surface area contributed by atoms with Crippen LogP contribution in [0.25, 0.3) is 11.1 Å². The molecule has 178 valence electrons. The molecule has 3 aromatic rings. The number of para-hydroxylation sites is 1. The Labute approximate surface area is 205 Å². The Bertz CT molecular complexity index is 1240. The van der Waals surface area contributed by atoms with Gasteiger partial charge in [0.25, 0.3) is 5.91 Å². The number of rotatable bonds is 2. The van der Waals surface area contributed by atoms with Crippen molar-refractivity contribution in [3.8, 4) is 22.6 Å². The van der Waals surface area contributed by atoms with Crippen LogP contribution in [-0.2, 0) is 0 Å². The van der Waals surface area contributed by atoms with Gasteiger partial charge in [-0.2, -0.15) is 0 Å². The number of hydrogen-bond acceptors (Lipinski definition) is 5. The lowest BCUT2D eigenvalue weighted by Crippen LogP contribution is -2.37. The molecule has 0 radical (unpaired) electrons. The quantitative estimate of drug-likeness (QED) is 0.385. The van der Waals surface area contributed by atoms with Gasteiger partial charge in [-0.15, -0.1) is 0 Å². The molecule has 4 rings (SSSR count). The third-order valence-electron chi connectivity index (χ3n) is 5.27. The van der Waals surface area contributed by atoms with Crippen molar-refractivity contribution in [1.82, 2.24) is 4.90 Å². The third kappa shape index (κ3) is 5.08. The number of ether oxygens (including phenoxy) is 1. The summed E-state index contributed by atoms with van der Waals surface area (Å²) in [7, 11) is 0. The van der Waals surface area contributed by atoms with Crippen molar-refractivity contribution in [1.29, 1.82) is 0 Å². The normalized spacial score (nSPS) is 14.1. The summed E-state index contributed by atoms with van der Waals surface area (Å²) in [5.41, 5.74) is 0.889. The number of carbonyl (C=O) groups is 1. The Morgan fingerprint density at radius 3 is 2.68 bits per heavy atom. The average molecular weight is 505 g/mol. The first-order valence-corrected chi connectivity index (χ1v) is 11.9. The fourth-order valence-corrected chi connectivity index (χ4v) is 4.74. The molecule has 34 heavy (non-hydrogen) atoms. The summed E-state index contributed by atoms with van der Waals surface area (Å²) in [6.07, 6.45) is 0. The van der Waals surface area contributed by atoms with Gasteiger partial charge in [-0.05, 0) is 42.1 Å². The molecule has 0 atom stereocenters. The number of hydrogen-bond donors (Lipinski definition) is 2. The fraction of sp³-hybridized carbons (Fsp3) is 0.240. The molecule has 4 bridgehead atoms. The summed E-state index contributed by atoms with van der Waals surface area (Å²) in [4.78, 5) is 15.2. The van der Waals surface area contributed by atoms with Crippen LogP contribution in [0.2, 0.25) is 5.02 Å². The topological polar surface area (TPSA) is 61.8 Å². The first-order valence-electron chi connectivity index (χ1n) is 10.7. The van der Waals surface area contributed by atoms with E-state index in [1.807, 2.05) is 13.8 Å². The number of halogens is 3. The Kier molecular flexibility index (Phi) is 7.19. The predicted molar refractivity (Wildman–Crippen MR) is 131 cm³/mol. The van der Waals surface area contributed by atoms with Crippen LogP contribution < -0.4 is 9.46 Å². The Hall–Kier alpha value is -2.97. The van der Waals surface area contributed by atoms with E-state index in [0.29, 0.717) is 17.9 Å². The SMILES string of the molecule is CC(C)CN1CCOc2ccccc2-c2cc(c(F)cc2F)NSc2cc(cc(Cl)c2O)C1=O. The largest absolute Gasteiger partial charge is 0.505 e. The molecule has 1 heterocycles. The molecule has 5 nitrogen and oxygen atoms in total. The van der Waals surface area contributed by atoms with Gasteiger partial charge in [-0.3, -0.25) is 4.79 Å². The van der Waals surface area contributed by atoms with Gasteiger partial charge in [-0.25, -0.2) is 8.78 Å². The summed E-state index contributed by atoms with van der Waals surface area (Å²) in [6.45, 7) is 4.91. The summed E-state index contributed by atoms with van der Waals surface area (Å²) < 4.78 is 38.1. The lowest BCUT2D eigenvalue weighted by molar-refractivity contribution is 0.0708. The zero-order valence-electron chi connectivity index (χ0n) is 18.6. The smallest absolute Gasteiger partial charge is 0.254 e. The number of amides is 1. The molecular formula is C25H23ClF2N2O3S. The van der Waals surface area contributed by atoms with Crippen molar-refractivity contribution in [2.45, 2.75) is 18.7 Å². The Morgan fingerprint density at radius 2 is 1.91 bits per heavy atom. The molecule has 0 spiro atoms. The van der Waals surface area contributed by atoms with E-state index in [4.69, 9.17) is 16.3 Å². The van der Waals surface area contributed by atoms with Crippen molar-refractivity contribution in [3.63, 3.8) is 0 Å². The van der Waals surface area contributed by atoms with Crippen LogP contribution in [0.4, 0.5) is 14.5 Å². The molecule has 3 aromatic carbocycles. The standard InChI is InChI=1S/C25H23ClF2N2O3S/c1-14(2)13-30-7-8-33-22-6-4-3-5-16(22)17-11-21(20(28)12-19(17)27)29-34-23-10-15(25(30)32)9-18(26)24(23)31/h3-6,9-12,14,29,31H,7-8,13H2,1-2H3. The second-order valence-corrected chi connectivity index (χ2v) is 9.57. The number of benzene rings is 3. The van der Waals surface area contributed by atoms with Gasteiger partial charge >= 0.3 is 0 Å². The number of phenolic OH excluding ortho intramolecular Hbond substituents is 1. The number of aromatic hydroxyl groups is 1. The van der Waals surface area contributed by atoms with E-state index in [9.17, 15) is 18.7 Å². The first kappa shape index (κ1) is 24.2. The molecule has 0 aromatic heterocycles. The van der Waals surface area contributed by atoms with Gasteiger partial charge in [0.2, 0.25) is 0 Å². The molecule has 0 saturated heterocycles. The van der Waals surface area contributed by atoms with Crippen LogP contribution in [0.5, 0.6) is 11.5 Å². The van der Waals surface area contributed by atoms with Gasteiger partial charge in [0.1, 0.15) is 29.7 Å². The monoisotopic (exact) mass is 504 g/mol. The minimum absolute atomic E-state index is 0.000221. The number of nitrogens with one attached hydrogen (secondary N) is 1.